The van der Waals surface area contributed by atoms with Gasteiger partial charge in [0.2, 0.25) is 0 Å². The van der Waals surface area contributed by atoms with Crippen LogP contribution < -0.4 is 5.73 Å². The lowest BCUT2D eigenvalue weighted by atomic mass is 10.2. The molecule has 1 fully saturated rings. The summed E-state index contributed by atoms with van der Waals surface area (Å²) in [6.45, 7) is 2.94. The molecule has 1 aliphatic heterocycles. The summed E-state index contributed by atoms with van der Waals surface area (Å²) in [5, 5.41) is 0. The average Bonchev–Trinajstić information content (AvgIpc) is 2.73. The van der Waals surface area contributed by atoms with Gasteiger partial charge in [-0.05, 0) is 12.5 Å². The van der Waals surface area contributed by atoms with Crippen molar-refractivity contribution in [2.75, 3.05) is 32.8 Å². The highest BCUT2D eigenvalue weighted by Crippen LogP contribution is 2.08. The van der Waals surface area contributed by atoms with Gasteiger partial charge in [-0.2, -0.15) is 0 Å². The van der Waals surface area contributed by atoms with Gasteiger partial charge in [0.15, 0.2) is 0 Å². The second kappa shape index (κ2) is 6.88. The highest BCUT2D eigenvalue weighted by atomic mass is 16.5. The Morgan fingerprint density at radius 2 is 2.32 bits per heavy atom. The van der Waals surface area contributed by atoms with Gasteiger partial charge in [-0.25, -0.2) is 0 Å². The molecule has 2 N–H and O–H groups in total. The van der Waals surface area contributed by atoms with E-state index < -0.39 is 0 Å². The first kappa shape index (κ1) is 13.5. The SMILES string of the molecule is NCC#Cc1cncc(C(=O)N2CCCOCC2)c1. The Morgan fingerprint density at radius 1 is 1.42 bits per heavy atom. The molecule has 5 heteroatoms. The molecule has 0 aliphatic carbocycles. The normalized spacial score (nSPS) is 15.3. The van der Waals surface area contributed by atoms with E-state index in [9.17, 15) is 4.79 Å². The van der Waals surface area contributed by atoms with Crippen molar-refractivity contribution in [3.05, 3.63) is 29.6 Å². The lowest BCUT2D eigenvalue weighted by Gasteiger charge is -2.19. The van der Waals surface area contributed by atoms with E-state index >= 15 is 0 Å². The number of aromatic nitrogens is 1. The lowest BCUT2D eigenvalue weighted by Crippen LogP contribution is -2.33. The van der Waals surface area contributed by atoms with Crippen molar-refractivity contribution in [1.82, 2.24) is 9.88 Å². The average molecular weight is 259 g/mol. The van der Waals surface area contributed by atoms with E-state index in [0.29, 0.717) is 37.4 Å². The predicted molar refractivity (Wildman–Crippen MR) is 71.5 cm³/mol. The number of carbonyl (C=O) groups is 1. The quantitative estimate of drug-likeness (QED) is 0.734. The molecule has 0 aromatic carbocycles. The summed E-state index contributed by atoms with van der Waals surface area (Å²) in [6.07, 6.45) is 4.07. The van der Waals surface area contributed by atoms with Crippen LogP contribution in [0.25, 0.3) is 0 Å². The maximum atomic E-state index is 12.3. The van der Waals surface area contributed by atoms with Crippen LogP contribution in [0.4, 0.5) is 0 Å². The molecule has 2 heterocycles. The minimum Gasteiger partial charge on any atom is -0.380 e. The number of hydrogen-bond acceptors (Lipinski definition) is 4. The van der Waals surface area contributed by atoms with E-state index in [-0.39, 0.29) is 5.91 Å². The summed E-state index contributed by atoms with van der Waals surface area (Å²) in [6, 6.07) is 1.75. The summed E-state index contributed by atoms with van der Waals surface area (Å²) in [5.74, 6) is 5.62. The van der Waals surface area contributed by atoms with Gasteiger partial charge in [0, 0.05) is 37.7 Å². The van der Waals surface area contributed by atoms with Crippen molar-refractivity contribution in [2.24, 2.45) is 5.73 Å². The van der Waals surface area contributed by atoms with Crippen LogP contribution in [0.3, 0.4) is 0 Å². The van der Waals surface area contributed by atoms with Gasteiger partial charge < -0.3 is 15.4 Å². The number of nitrogens with two attached hydrogens (primary N) is 1. The summed E-state index contributed by atoms with van der Waals surface area (Å²) in [7, 11) is 0. The van der Waals surface area contributed by atoms with Gasteiger partial charge in [0.1, 0.15) is 0 Å². The molecule has 1 aromatic rings. The van der Waals surface area contributed by atoms with E-state index in [1.54, 1.807) is 23.4 Å². The zero-order valence-electron chi connectivity index (χ0n) is 10.8. The summed E-state index contributed by atoms with van der Waals surface area (Å²) in [5.41, 5.74) is 6.60. The maximum Gasteiger partial charge on any atom is 0.255 e. The predicted octanol–water partition coefficient (Wildman–Crippen LogP) is 0.254. The fraction of sp³-hybridized carbons (Fsp3) is 0.429. The molecule has 5 nitrogen and oxygen atoms in total. The second-order valence-corrected chi connectivity index (χ2v) is 4.23. The summed E-state index contributed by atoms with van der Waals surface area (Å²) >= 11 is 0. The molecule has 0 bridgehead atoms. The number of pyridine rings is 1. The lowest BCUT2D eigenvalue weighted by molar-refractivity contribution is 0.0741. The van der Waals surface area contributed by atoms with Gasteiger partial charge in [0.25, 0.3) is 5.91 Å². The summed E-state index contributed by atoms with van der Waals surface area (Å²) in [4.78, 5) is 18.2. The Hall–Kier alpha value is -1.90. The van der Waals surface area contributed by atoms with Gasteiger partial charge in [-0.3, -0.25) is 9.78 Å². The standard InChI is InChI=1S/C14H17N3O2/c15-4-1-3-12-9-13(11-16-10-12)14(18)17-5-2-7-19-8-6-17/h9-11H,2,4-8,15H2. The number of amides is 1. The smallest absolute Gasteiger partial charge is 0.255 e. The van der Waals surface area contributed by atoms with Crippen molar-refractivity contribution < 1.29 is 9.53 Å². The molecule has 0 spiro atoms. The molecular weight excluding hydrogens is 242 g/mol. The highest BCUT2D eigenvalue weighted by molar-refractivity contribution is 5.94. The van der Waals surface area contributed by atoms with E-state index in [1.807, 2.05) is 0 Å². The van der Waals surface area contributed by atoms with Gasteiger partial charge >= 0.3 is 0 Å². The Bertz CT molecular complexity index is 497. The van der Waals surface area contributed by atoms with Crippen molar-refractivity contribution in [1.29, 1.82) is 0 Å². The molecule has 0 unspecified atom stereocenters. The molecule has 1 aliphatic rings. The Balaban J connectivity index is 2.13. The van der Waals surface area contributed by atoms with E-state index in [1.165, 1.54) is 0 Å². The highest BCUT2D eigenvalue weighted by Gasteiger charge is 2.17. The fourth-order valence-corrected chi connectivity index (χ4v) is 1.91. The maximum absolute atomic E-state index is 12.3. The van der Waals surface area contributed by atoms with Gasteiger partial charge in [0.05, 0.1) is 18.7 Å². The molecule has 1 aromatic heterocycles. The molecule has 2 rings (SSSR count). The molecule has 19 heavy (non-hydrogen) atoms. The van der Waals surface area contributed by atoms with Crippen LogP contribution in [0, 0.1) is 11.8 Å². The largest absolute Gasteiger partial charge is 0.380 e. The molecular formula is C14H17N3O2. The number of ether oxygens (including phenoxy) is 1. The van der Waals surface area contributed by atoms with Crippen LogP contribution in [0.15, 0.2) is 18.5 Å². The van der Waals surface area contributed by atoms with Crippen LogP contribution in [-0.4, -0.2) is 48.6 Å². The number of nitrogens with zero attached hydrogens (tertiary/aromatic N) is 2. The number of rotatable bonds is 1. The zero-order valence-corrected chi connectivity index (χ0v) is 10.8. The molecule has 1 saturated heterocycles. The van der Waals surface area contributed by atoms with E-state index in [4.69, 9.17) is 10.5 Å². The van der Waals surface area contributed by atoms with Gasteiger partial charge in [-0.15, -0.1) is 0 Å². The first-order valence-corrected chi connectivity index (χ1v) is 6.32. The Morgan fingerprint density at radius 3 is 3.16 bits per heavy atom. The van der Waals surface area contributed by atoms with Crippen LogP contribution in [0.2, 0.25) is 0 Å². The molecule has 0 atom stereocenters. The third-order valence-electron chi connectivity index (χ3n) is 2.83. The Kier molecular flexibility index (Phi) is 4.90. The number of carbonyl (C=O) groups excluding carboxylic acids is 1. The van der Waals surface area contributed by atoms with Gasteiger partial charge in [-0.1, -0.05) is 11.8 Å². The molecule has 1 amide bonds. The van der Waals surface area contributed by atoms with Crippen molar-refractivity contribution >= 4 is 5.91 Å². The van der Waals surface area contributed by atoms with Crippen LogP contribution in [0.5, 0.6) is 0 Å². The van der Waals surface area contributed by atoms with Crippen molar-refractivity contribution in [3.63, 3.8) is 0 Å². The van der Waals surface area contributed by atoms with Crippen molar-refractivity contribution in [3.8, 4) is 11.8 Å². The molecule has 0 saturated carbocycles. The monoisotopic (exact) mass is 259 g/mol. The Labute approximate surface area is 112 Å². The molecule has 0 radical (unpaired) electrons. The minimum absolute atomic E-state index is 0.0191. The van der Waals surface area contributed by atoms with Crippen LogP contribution in [0.1, 0.15) is 22.3 Å². The topological polar surface area (TPSA) is 68.5 Å². The van der Waals surface area contributed by atoms with Crippen LogP contribution >= 0.6 is 0 Å². The first-order chi connectivity index (χ1) is 9.31. The first-order valence-electron chi connectivity index (χ1n) is 6.32. The fourth-order valence-electron chi connectivity index (χ4n) is 1.91. The van der Waals surface area contributed by atoms with E-state index in [2.05, 4.69) is 16.8 Å². The molecule has 100 valence electrons. The third kappa shape index (κ3) is 3.78. The minimum atomic E-state index is -0.0191. The zero-order chi connectivity index (χ0) is 13.5. The number of hydrogen-bond donors (Lipinski definition) is 1. The second-order valence-electron chi connectivity index (χ2n) is 4.23. The van der Waals surface area contributed by atoms with Crippen LogP contribution in [-0.2, 0) is 4.74 Å². The van der Waals surface area contributed by atoms with Crippen molar-refractivity contribution in [2.45, 2.75) is 6.42 Å². The van der Waals surface area contributed by atoms with E-state index in [0.717, 1.165) is 13.0 Å². The summed E-state index contributed by atoms with van der Waals surface area (Å²) < 4.78 is 5.34. The third-order valence-corrected chi connectivity index (χ3v) is 2.83.